The van der Waals surface area contributed by atoms with Gasteiger partial charge in [0.2, 0.25) is 0 Å². The third-order valence-electron chi connectivity index (χ3n) is 7.00. The molecule has 208 valence electrons. The second kappa shape index (κ2) is 11.8. The molecular weight excluding hydrogens is 506 g/mol. The summed E-state index contributed by atoms with van der Waals surface area (Å²) in [5.41, 5.74) is 6.43. The Kier molecular flexibility index (Phi) is 7.98. The van der Waals surface area contributed by atoms with Gasteiger partial charge in [-0.15, -0.1) is 6.58 Å². The van der Waals surface area contributed by atoms with E-state index in [1.165, 1.54) is 0 Å². The van der Waals surface area contributed by atoms with Crippen LogP contribution in [0.3, 0.4) is 0 Å². The number of benzene rings is 3. The lowest BCUT2D eigenvalue weighted by atomic mass is 10.1. The molecule has 0 saturated heterocycles. The number of rotatable bonds is 12. The first-order valence-corrected chi connectivity index (χ1v) is 13.2. The van der Waals surface area contributed by atoms with Crippen LogP contribution in [0.25, 0.3) is 22.2 Å². The van der Waals surface area contributed by atoms with E-state index in [4.69, 9.17) is 28.9 Å². The fourth-order valence-corrected chi connectivity index (χ4v) is 4.89. The molecule has 0 aliphatic heterocycles. The van der Waals surface area contributed by atoms with Crippen LogP contribution in [-0.2, 0) is 4.84 Å². The Bertz CT molecular complexity index is 1540. The van der Waals surface area contributed by atoms with Crippen LogP contribution in [-0.4, -0.2) is 64.2 Å². The van der Waals surface area contributed by atoms with Gasteiger partial charge >= 0.3 is 0 Å². The molecule has 0 bridgehead atoms. The molecular formula is C32H35N3O5. The van der Waals surface area contributed by atoms with Gasteiger partial charge in [0.25, 0.3) is 0 Å². The van der Waals surface area contributed by atoms with Crippen molar-refractivity contribution in [2.24, 2.45) is 5.16 Å². The van der Waals surface area contributed by atoms with Crippen molar-refractivity contribution in [3.05, 3.63) is 83.9 Å². The Hall–Kier alpha value is -4.43. The van der Waals surface area contributed by atoms with Crippen molar-refractivity contribution in [2.45, 2.75) is 12.5 Å². The number of oxime groups is 1. The molecule has 0 radical (unpaired) electrons. The first kappa shape index (κ1) is 27.1. The Balaban J connectivity index is 1.60. The van der Waals surface area contributed by atoms with Crippen molar-refractivity contribution in [2.75, 3.05) is 48.6 Å². The van der Waals surface area contributed by atoms with E-state index in [1.54, 1.807) is 21.3 Å². The number of methoxy groups -OCH3 is 3. The minimum Gasteiger partial charge on any atom is -0.497 e. The zero-order valence-corrected chi connectivity index (χ0v) is 23.6. The lowest BCUT2D eigenvalue weighted by Crippen LogP contribution is -2.19. The third-order valence-corrected chi connectivity index (χ3v) is 7.00. The number of nitrogens with zero attached hydrogens (tertiary/aromatic N) is 2. The number of aromatic amines is 1. The highest BCUT2D eigenvalue weighted by atomic mass is 16.6. The van der Waals surface area contributed by atoms with E-state index in [1.807, 2.05) is 68.7 Å². The fraction of sp³-hybridized carbons (Fsp3) is 0.281. The van der Waals surface area contributed by atoms with E-state index >= 15 is 0 Å². The summed E-state index contributed by atoms with van der Waals surface area (Å²) in [6.07, 6.45) is 2.10. The monoisotopic (exact) mass is 541 g/mol. The number of nitrogens with one attached hydrogen (secondary N) is 1. The van der Waals surface area contributed by atoms with Gasteiger partial charge in [0.15, 0.2) is 17.6 Å². The van der Waals surface area contributed by atoms with E-state index in [9.17, 15) is 0 Å². The molecule has 1 unspecified atom stereocenters. The molecule has 0 fully saturated rings. The number of aromatic nitrogens is 1. The van der Waals surface area contributed by atoms with Crippen molar-refractivity contribution in [1.82, 2.24) is 9.88 Å². The van der Waals surface area contributed by atoms with Crippen LogP contribution in [0.4, 0.5) is 0 Å². The average Bonchev–Trinajstić information content (AvgIpc) is 3.48. The molecule has 1 aliphatic rings. The molecule has 1 N–H and O–H groups in total. The number of H-pyrrole nitrogens is 1. The number of fused-ring (bicyclic) bond motifs is 5. The summed E-state index contributed by atoms with van der Waals surface area (Å²) in [6, 6.07) is 17.8. The summed E-state index contributed by atoms with van der Waals surface area (Å²) in [4.78, 5) is 11.9. The SMILES string of the molecule is C=CCC(O/N=C1/c2cc(OC)c(OC)cc2-c2[nH]c3ccc(OCCN(C)C)cc3c21)c1ccc(OC)cc1. The van der Waals surface area contributed by atoms with Crippen LogP contribution in [0.15, 0.2) is 72.4 Å². The zero-order chi connectivity index (χ0) is 28.2. The van der Waals surface area contributed by atoms with Crippen LogP contribution in [0.1, 0.15) is 29.2 Å². The molecule has 4 aromatic rings. The Morgan fingerprint density at radius 1 is 0.900 bits per heavy atom. The van der Waals surface area contributed by atoms with Crippen molar-refractivity contribution in [3.8, 4) is 34.3 Å². The first-order chi connectivity index (χ1) is 19.5. The smallest absolute Gasteiger partial charge is 0.161 e. The van der Waals surface area contributed by atoms with Gasteiger partial charge in [0, 0.05) is 40.6 Å². The van der Waals surface area contributed by atoms with Gasteiger partial charge in [0.1, 0.15) is 23.8 Å². The second-order valence-electron chi connectivity index (χ2n) is 9.82. The van der Waals surface area contributed by atoms with Gasteiger partial charge in [-0.2, -0.15) is 0 Å². The standard InChI is InChI=1S/C32H35N3O5/c1-7-8-27(20-9-11-21(36-4)12-10-20)40-34-32-24-19-29(38-6)28(37-5)18-23(24)31-30(32)25-17-22(13-14-26(25)33-31)39-16-15-35(2)3/h7,9-14,17-19,27,33H,1,8,15-16H2,2-6H3/b34-32-. The molecule has 0 amide bonds. The summed E-state index contributed by atoms with van der Waals surface area (Å²) >= 11 is 0. The van der Waals surface area contributed by atoms with Gasteiger partial charge < -0.3 is 33.7 Å². The molecule has 40 heavy (non-hydrogen) atoms. The first-order valence-electron chi connectivity index (χ1n) is 13.2. The predicted octanol–water partition coefficient (Wildman–Crippen LogP) is 6.20. The normalized spacial score (nSPS) is 13.7. The Labute approximate surface area is 234 Å². The maximum absolute atomic E-state index is 6.26. The van der Waals surface area contributed by atoms with Gasteiger partial charge in [-0.05, 0) is 62.1 Å². The van der Waals surface area contributed by atoms with E-state index in [2.05, 4.69) is 22.5 Å². The minimum atomic E-state index is -0.321. The molecule has 8 heteroatoms. The van der Waals surface area contributed by atoms with Crippen molar-refractivity contribution in [1.29, 1.82) is 0 Å². The van der Waals surface area contributed by atoms with Crippen LogP contribution in [0.5, 0.6) is 23.0 Å². The highest BCUT2D eigenvalue weighted by Gasteiger charge is 2.32. The van der Waals surface area contributed by atoms with Crippen LogP contribution in [0, 0.1) is 0 Å². The van der Waals surface area contributed by atoms with Gasteiger partial charge in [-0.1, -0.05) is 23.4 Å². The zero-order valence-electron chi connectivity index (χ0n) is 23.6. The van der Waals surface area contributed by atoms with E-state index in [-0.39, 0.29) is 6.10 Å². The van der Waals surface area contributed by atoms with Gasteiger partial charge in [-0.25, -0.2) is 0 Å². The topological polar surface area (TPSA) is 77.5 Å². The second-order valence-corrected chi connectivity index (χ2v) is 9.82. The van der Waals surface area contributed by atoms with Crippen LogP contribution < -0.4 is 18.9 Å². The maximum Gasteiger partial charge on any atom is 0.161 e. The third kappa shape index (κ3) is 5.22. The Morgan fingerprint density at radius 3 is 2.25 bits per heavy atom. The average molecular weight is 542 g/mol. The highest BCUT2D eigenvalue weighted by molar-refractivity contribution is 6.30. The fourth-order valence-electron chi connectivity index (χ4n) is 4.89. The number of ether oxygens (including phenoxy) is 4. The van der Waals surface area contributed by atoms with Crippen molar-refractivity contribution in [3.63, 3.8) is 0 Å². The molecule has 3 aromatic carbocycles. The molecule has 1 atom stereocenters. The molecule has 1 heterocycles. The highest BCUT2D eigenvalue weighted by Crippen LogP contribution is 2.46. The lowest BCUT2D eigenvalue weighted by Gasteiger charge is -2.16. The summed E-state index contributed by atoms with van der Waals surface area (Å²) in [5.74, 6) is 2.84. The summed E-state index contributed by atoms with van der Waals surface area (Å²) in [5, 5.41) is 5.78. The molecule has 1 aliphatic carbocycles. The largest absolute Gasteiger partial charge is 0.497 e. The van der Waals surface area contributed by atoms with E-state index < -0.39 is 0 Å². The summed E-state index contributed by atoms with van der Waals surface area (Å²) in [6.45, 7) is 5.34. The minimum absolute atomic E-state index is 0.321. The van der Waals surface area contributed by atoms with E-state index in [0.29, 0.717) is 30.2 Å². The van der Waals surface area contributed by atoms with Crippen LogP contribution >= 0.6 is 0 Å². The van der Waals surface area contributed by atoms with Gasteiger partial charge in [0.05, 0.1) is 27.0 Å². The van der Waals surface area contributed by atoms with Gasteiger partial charge in [-0.3, -0.25) is 0 Å². The molecule has 0 saturated carbocycles. The predicted molar refractivity (Wildman–Crippen MR) is 158 cm³/mol. The molecule has 0 spiro atoms. The quantitative estimate of drug-likeness (QED) is 0.150. The van der Waals surface area contributed by atoms with E-state index in [0.717, 1.165) is 56.9 Å². The summed E-state index contributed by atoms with van der Waals surface area (Å²) in [7, 11) is 8.97. The number of likely N-dealkylation sites (N-methyl/N-ethyl adjacent to an activating group) is 1. The summed E-state index contributed by atoms with van der Waals surface area (Å²) < 4.78 is 22.6. The van der Waals surface area contributed by atoms with Crippen molar-refractivity contribution >= 4 is 16.6 Å². The molecule has 1 aromatic heterocycles. The van der Waals surface area contributed by atoms with Crippen molar-refractivity contribution < 1.29 is 23.8 Å². The molecule has 5 rings (SSSR count). The maximum atomic E-state index is 6.26. The Morgan fingerprint density at radius 2 is 1.60 bits per heavy atom. The molecule has 8 nitrogen and oxygen atoms in total. The number of hydrogen-bond acceptors (Lipinski definition) is 7. The lowest BCUT2D eigenvalue weighted by molar-refractivity contribution is 0.0610. The number of hydrogen-bond donors (Lipinski definition) is 1. The van der Waals surface area contributed by atoms with Crippen LogP contribution in [0.2, 0.25) is 0 Å².